The molecule has 1 atom stereocenters. The number of carbonyl (C=O) groups is 2. The molecule has 46 heavy (non-hydrogen) atoms. The minimum Gasteiger partial charge on any atom is -0.462 e. The van der Waals surface area contributed by atoms with E-state index in [9.17, 15) is 14.7 Å². The van der Waals surface area contributed by atoms with Crippen LogP contribution in [-0.4, -0.2) is 36.4 Å². The van der Waals surface area contributed by atoms with Crippen molar-refractivity contribution in [2.45, 2.75) is 161 Å². The van der Waals surface area contributed by atoms with Gasteiger partial charge in [0.2, 0.25) is 0 Å². The van der Waals surface area contributed by atoms with Crippen molar-refractivity contribution in [1.29, 1.82) is 0 Å². The van der Waals surface area contributed by atoms with Gasteiger partial charge >= 0.3 is 11.9 Å². The molecule has 0 aliphatic heterocycles. The third-order valence-electron chi connectivity index (χ3n) is 7.53. The first-order chi connectivity index (χ1) is 22.6. The number of unbranched alkanes of at least 4 members (excludes halogenated alkanes) is 12. The van der Waals surface area contributed by atoms with Crippen molar-refractivity contribution < 1.29 is 24.2 Å². The molecular weight excluding hydrogens is 572 g/mol. The second kappa shape index (κ2) is 36.8. The van der Waals surface area contributed by atoms with Crippen LogP contribution in [-0.2, 0) is 19.1 Å². The maximum atomic E-state index is 12.1. The highest BCUT2D eigenvalue weighted by atomic mass is 16.6. The van der Waals surface area contributed by atoms with Crippen LogP contribution in [0.4, 0.5) is 0 Å². The minimum atomic E-state index is -0.802. The molecule has 0 aromatic heterocycles. The number of allylic oxidation sites excluding steroid dienone is 12. The summed E-state index contributed by atoms with van der Waals surface area (Å²) in [4.78, 5) is 24.2. The molecule has 1 unspecified atom stereocenters. The van der Waals surface area contributed by atoms with E-state index in [2.05, 4.69) is 74.6 Å². The zero-order chi connectivity index (χ0) is 33.6. The molecule has 5 nitrogen and oxygen atoms in total. The molecule has 0 aliphatic rings. The van der Waals surface area contributed by atoms with Crippen molar-refractivity contribution >= 4 is 11.9 Å². The van der Waals surface area contributed by atoms with Gasteiger partial charge in [-0.15, -0.1) is 0 Å². The maximum Gasteiger partial charge on any atom is 0.306 e. The summed E-state index contributed by atoms with van der Waals surface area (Å²) in [6, 6.07) is 0. The van der Waals surface area contributed by atoms with Gasteiger partial charge in [0.25, 0.3) is 0 Å². The van der Waals surface area contributed by atoms with E-state index in [0.717, 1.165) is 57.8 Å². The molecule has 262 valence electrons. The summed E-state index contributed by atoms with van der Waals surface area (Å²) < 4.78 is 10.5. The number of hydrogen-bond acceptors (Lipinski definition) is 5. The minimum absolute atomic E-state index is 0.108. The zero-order valence-electron chi connectivity index (χ0n) is 29.6. The molecule has 0 amide bonds. The Balaban J connectivity index is 3.73. The lowest BCUT2D eigenvalue weighted by molar-refractivity contribution is -0.161. The predicted octanol–water partition coefficient (Wildman–Crippen LogP) is 11.4. The molecule has 0 aromatic rings. The van der Waals surface area contributed by atoms with Gasteiger partial charge in [0.05, 0.1) is 6.61 Å². The fourth-order valence-corrected chi connectivity index (χ4v) is 4.75. The third kappa shape index (κ3) is 34.2. The van der Waals surface area contributed by atoms with Crippen LogP contribution in [0.2, 0.25) is 0 Å². The fraction of sp³-hybridized carbons (Fsp3) is 0.659. The fourth-order valence-electron chi connectivity index (χ4n) is 4.75. The van der Waals surface area contributed by atoms with Gasteiger partial charge in [-0.25, -0.2) is 0 Å². The van der Waals surface area contributed by atoms with Gasteiger partial charge in [-0.1, -0.05) is 164 Å². The Kier molecular flexibility index (Phi) is 34.7. The lowest BCUT2D eigenvalue weighted by atomic mass is 10.0. The molecular formula is C41H68O5. The van der Waals surface area contributed by atoms with Crippen LogP contribution in [0, 0.1) is 0 Å². The Morgan fingerprint density at radius 2 is 0.935 bits per heavy atom. The molecule has 0 heterocycles. The SMILES string of the molecule is CCC=CCC=CCC=CCC=CCC=CCC=CCCC(=O)OCC(CO)OC(=O)CCCCCCCCCCCCCCC. The van der Waals surface area contributed by atoms with Crippen molar-refractivity contribution in [3.8, 4) is 0 Å². The van der Waals surface area contributed by atoms with Crippen molar-refractivity contribution in [2.75, 3.05) is 13.2 Å². The summed E-state index contributed by atoms with van der Waals surface area (Å²) >= 11 is 0. The van der Waals surface area contributed by atoms with Crippen LogP contribution in [0.3, 0.4) is 0 Å². The first-order valence-corrected chi connectivity index (χ1v) is 18.5. The van der Waals surface area contributed by atoms with Crippen LogP contribution in [0.5, 0.6) is 0 Å². The Bertz CT molecular complexity index is 864. The van der Waals surface area contributed by atoms with Gasteiger partial charge in [-0.2, -0.15) is 0 Å². The van der Waals surface area contributed by atoms with E-state index < -0.39 is 6.10 Å². The Hall–Kier alpha value is -2.66. The first-order valence-electron chi connectivity index (χ1n) is 18.5. The summed E-state index contributed by atoms with van der Waals surface area (Å²) in [6.45, 7) is 3.94. The smallest absolute Gasteiger partial charge is 0.306 e. The molecule has 0 bridgehead atoms. The van der Waals surface area contributed by atoms with Gasteiger partial charge in [-0.05, 0) is 51.4 Å². The molecule has 0 fully saturated rings. The summed E-state index contributed by atoms with van der Waals surface area (Å²) in [6.07, 6.45) is 48.2. The molecule has 0 aliphatic carbocycles. The van der Waals surface area contributed by atoms with Gasteiger partial charge < -0.3 is 14.6 Å². The standard InChI is InChI=1S/C41H68O5/c1-3-5-7-9-11-13-15-17-18-19-20-21-22-24-25-27-29-31-33-35-40(43)45-38-39(37-42)46-41(44)36-34-32-30-28-26-23-16-14-12-10-8-6-4-2/h5,7,11,13,17-18,20-21,24-25,29,31,39,42H,3-4,6,8-10,12,14-16,19,22-23,26-28,30,32-38H2,1-2H3. The summed E-state index contributed by atoms with van der Waals surface area (Å²) in [5.74, 6) is -0.693. The topological polar surface area (TPSA) is 72.8 Å². The molecule has 0 radical (unpaired) electrons. The van der Waals surface area contributed by atoms with E-state index in [4.69, 9.17) is 9.47 Å². The molecule has 0 saturated carbocycles. The number of ether oxygens (including phenoxy) is 2. The van der Waals surface area contributed by atoms with Crippen LogP contribution < -0.4 is 0 Å². The van der Waals surface area contributed by atoms with Crippen molar-refractivity contribution in [3.63, 3.8) is 0 Å². The van der Waals surface area contributed by atoms with Gasteiger partial charge in [0, 0.05) is 12.8 Å². The van der Waals surface area contributed by atoms with Crippen LogP contribution >= 0.6 is 0 Å². The van der Waals surface area contributed by atoms with Crippen LogP contribution in [0.15, 0.2) is 72.9 Å². The van der Waals surface area contributed by atoms with Crippen LogP contribution in [0.1, 0.15) is 155 Å². The van der Waals surface area contributed by atoms with Crippen molar-refractivity contribution in [3.05, 3.63) is 72.9 Å². The van der Waals surface area contributed by atoms with E-state index in [1.165, 1.54) is 64.2 Å². The number of aliphatic hydroxyl groups excluding tert-OH is 1. The number of esters is 2. The lowest BCUT2D eigenvalue weighted by Crippen LogP contribution is -2.28. The third-order valence-corrected chi connectivity index (χ3v) is 7.53. The Labute approximate surface area is 283 Å². The van der Waals surface area contributed by atoms with Gasteiger partial charge in [0.15, 0.2) is 6.10 Å². The molecule has 0 rings (SSSR count). The van der Waals surface area contributed by atoms with E-state index >= 15 is 0 Å². The summed E-state index contributed by atoms with van der Waals surface area (Å²) in [7, 11) is 0. The number of rotatable bonds is 32. The van der Waals surface area contributed by atoms with Crippen molar-refractivity contribution in [1.82, 2.24) is 0 Å². The van der Waals surface area contributed by atoms with E-state index in [0.29, 0.717) is 12.8 Å². The normalized spacial score (nSPS) is 13.0. The van der Waals surface area contributed by atoms with Crippen LogP contribution in [0.25, 0.3) is 0 Å². The summed E-state index contributed by atoms with van der Waals surface area (Å²) in [5, 5.41) is 9.52. The maximum absolute atomic E-state index is 12.1. The highest BCUT2D eigenvalue weighted by molar-refractivity contribution is 5.70. The Morgan fingerprint density at radius 3 is 1.37 bits per heavy atom. The second-order valence-electron chi connectivity index (χ2n) is 11.9. The molecule has 5 heteroatoms. The predicted molar refractivity (Wildman–Crippen MR) is 196 cm³/mol. The van der Waals surface area contributed by atoms with Crippen molar-refractivity contribution in [2.24, 2.45) is 0 Å². The molecule has 1 N–H and O–H groups in total. The molecule has 0 spiro atoms. The second-order valence-corrected chi connectivity index (χ2v) is 11.9. The average Bonchev–Trinajstić information content (AvgIpc) is 3.06. The van der Waals surface area contributed by atoms with E-state index in [1.807, 2.05) is 12.2 Å². The number of hydrogen-bond donors (Lipinski definition) is 1. The first kappa shape index (κ1) is 43.3. The largest absolute Gasteiger partial charge is 0.462 e. The van der Waals surface area contributed by atoms with E-state index in [-0.39, 0.29) is 31.6 Å². The zero-order valence-corrected chi connectivity index (χ0v) is 29.6. The summed E-state index contributed by atoms with van der Waals surface area (Å²) in [5.41, 5.74) is 0. The van der Waals surface area contributed by atoms with Gasteiger partial charge in [0.1, 0.15) is 6.61 Å². The van der Waals surface area contributed by atoms with E-state index in [1.54, 1.807) is 0 Å². The van der Waals surface area contributed by atoms with Gasteiger partial charge in [-0.3, -0.25) is 9.59 Å². The average molecular weight is 641 g/mol. The highest BCUT2D eigenvalue weighted by Crippen LogP contribution is 2.13. The Morgan fingerprint density at radius 1 is 0.522 bits per heavy atom. The number of aliphatic hydroxyl groups is 1. The number of carbonyl (C=O) groups excluding carboxylic acids is 2. The lowest BCUT2D eigenvalue weighted by Gasteiger charge is -2.15. The highest BCUT2D eigenvalue weighted by Gasteiger charge is 2.15. The molecule has 0 aromatic carbocycles. The quantitative estimate of drug-likeness (QED) is 0.0450. The molecule has 0 saturated heterocycles. The monoisotopic (exact) mass is 641 g/mol.